The monoisotopic (exact) mass is 1210 g/mol. The number of aliphatic carboxylic acids is 3. The molecule has 7 rings (SSSR count). The number of amides is 3. The minimum absolute atomic E-state index is 0.0168. The average molecular weight is 1210 g/mol. The highest BCUT2D eigenvalue weighted by Crippen LogP contribution is 2.50. The number of ether oxygens (including phenoxy) is 1. The quantitative estimate of drug-likeness (QED) is 0.0234. The Morgan fingerprint density at radius 2 is 1.09 bits per heavy atom. The van der Waals surface area contributed by atoms with Crippen LogP contribution in [0.3, 0.4) is 0 Å². The second kappa shape index (κ2) is 34.0. The maximum Gasteiger partial charge on any atom is 0.346 e. The fraction of sp³-hybridized carbons (Fsp3) is 0.467. The minimum atomic E-state index is -4.58. The van der Waals surface area contributed by atoms with Gasteiger partial charge in [0.1, 0.15) is 29.9 Å². The smallest absolute Gasteiger partial charge is 0.346 e. The molecule has 8 N–H and O–H groups in total. The molecule has 1 aromatic heterocycles. The summed E-state index contributed by atoms with van der Waals surface area (Å²) in [5.41, 5.74) is 3.84. The van der Waals surface area contributed by atoms with Gasteiger partial charge >= 0.3 is 25.5 Å². The van der Waals surface area contributed by atoms with E-state index in [1.54, 1.807) is 54.7 Å². The Hall–Kier alpha value is -7.45. The van der Waals surface area contributed by atoms with Crippen LogP contribution in [0, 0.1) is 0 Å². The Morgan fingerprint density at radius 3 is 1.58 bits per heavy atom. The molecule has 5 aromatic rings. The van der Waals surface area contributed by atoms with E-state index in [9.17, 15) is 58.4 Å². The molecule has 25 nitrogen and oxygen atoms in total. The number of benzene rings is 4. The number of hydrogen-bond donors (Lipinski definition) is 8. The van der Waals surface area contributed by atoms with Crippen LogP contribution in [-0.2, 0) is 59.6 Å². The highest BCUT2D eigenvalue weighted by Gasteiger charge is 2.41. The molecule has 2 aliphatic heterocycles. The van der Waals surface area contributed by atoms with Gasteiger partial charge in [0.2, 0.25) is 17.7 Å². The lowest BCUT2D eigenvalue weighted by atomic mass is 10.1. The second-order valence-electron chi connectivity index (χ2n) is 21.8. The topological polar surface area (TPSA) is 316 Å². The van der Waals surface area contributed by atoms with Crippen LogP contribution in [0.1, 0.15) is 71.9 Å². The van der Waals surface area contributed by atoms with Crippen molar-refractivity contribution in [1.82, 2.24) is 60.3 Å². The Morgan fingerprint density at radius 1 is 0.616 bits per heavy atom. The van der Waals surface area contributed by atoms with Gasteiger partial charge in [0, 0.05) is 98.0 Å². The molecule has 2 aliphatic rings. The lowest BCUT2D eigenvalue weighted by Gasteiger charge is -2.32. The third-order valence-corrected chi connectivity index (χ3v) is 16.2. The molecule has 0 bridgehead atoms. The maximum atomic E-state index is 14.6. The number of aromatic nitrogens is 3. The molecular formula is C60H81N12O13P. The second-order valence-corrected chi connectivity index (χ2v) is 23.5. The van der Waals surface area contributed by atoms with E-state index in [-0.39, 0.29) is 103 Å². The number of nitrogens with zero attached hydrogens (tertiary/aromatic N) is 9. The summed E-state index contributed by atoms with van der Waals surface area (Å²) in [4.78, 5) is 108. The van der Waals surface area contributed by atoms with Gasteiger partial charge in [-0.1, -0.05) is 121 Å². The van der Waals surface area contributed by atoms with Crippen LogP contribution < -0.4 is 20.7 Å². The van der Waals surface area contributed by atoms with Gasteiger partial charge < -0.3 is 45.4 Å². The van der Waals surface area contributed by atoms with Crippen molar-refractivity contribution >= 4 is 43.2 Å². The van der Waals surface area contributed by atoms with Crippen LogP contribution in [-0.4, -0.2) is 216 Å². The molecule has 2 fully saturated rings. The normalized spacial score (nSPS) is 17.3. The molecule has 464 valence electrons. The zero-order valence-corrected chi connectivity index (χ0v) is 49.3. The zero-order valence-electron chi connectivity index (χ0n) is 48.4. The van der Waals surface area contributed by atoms with E-state index >= 15 is 0 Å². The van der Waals surface area contributed by atoms with Crippen molar-refractivity contribution in [2.75, 3.05) is 105 Å². The molecule has 0 aliphatic carbocycles. The number of likely N-dealkylation sites (tertiary alicyclic amines) is 1. The first-order valence-corrected chi connectivity index (χ1v) is 30.8. The van der Waals surface area contributed by atoms with E-state index in [1.165, 1.54) is 0 Å². The van der Waals surface area contributed by atoms with Crippen molar-refractivity contribution < 1.29 is 63.2 Å². The van der Waals surface area contributed by atoms with Gasteiger partial charge in [-0.05, 0) is 47.2 Å². The van der Waals surface area contributed by atoms with E-state index in [1.807, 2.05) is 95.9 Å². The molecule has 3 heterocycles. The lowest BCUT2D eigenvalue weighted by Crippen LogP contribution is -2.49. The molecule has 26 heteroatoms. The van der Waals surface area contributed by atoms with Crippen LogP contribution in [0.5, 0.6) is 5.75 Å². The van der Waals surface area contributed by atoms with Crippen LogP contribution in [0.15, 0.2) is 121 Å². The highest BCUT2D eigenvalue weighted by molar-refractivity contribution is 7.52. The molecule has 3 atom stereocenters. The summed E-state index contributed by atoms with van der Waals surface area (Å²) in [6, 6.07) is 34.4. The van der Waals surface area contributed by atoms with E-state index in [0.29, 0.717) is 82.2 Å². The number of nitrogens with one attached hydrogen (secondary N) is 3. The molecule has 0 radical (unpaired) electrons. The first kappa shape index (κ1) is 66.1. The fourth-order valence-corrected chi connectivity index (χ4v) is 11.5. The third kappa shape index (κ3) is 22.8. The maximum absolute atomic E-state index is 14.6. The van der Waals surface area contributed by atoms with E-state index in [2.05, 4.69) is 31.2 Å². The number of carboxylic acid groups (broad SMARTS) is 3. The van der Waals surface area contributed by atoms with E-state index in [0.717, 1.165) is 29.5 Å². The number of carbonyl (C=O) groups is 6. The number of carbonyl (C=O) groups excluding carboxylic acids is 3. The third-order valence-electron chi connectivity index (χ3n) is 15.1. The van der Waals surface area contributed by atoms with Gasteiger partial charge in [-0.15, -0.1) is 5.10 Å². The fourth-order valence-electron chi connectivity index (χ4n) is 10.6. The van der Waals surface area contributed by atoms with Crippen molar-refractivity contribution in [2.24, 2.45) is 0 Å². The number of rotatable bonds is 31. The van der Waals surface area contributed by atoms with Crippen molar-refractivity contribution in [2.45, 2.75) is 76.2 Å². The van der Waals surface area contributed by atoms with Gasteiger partial charge in [-0.2, -0.15) is 0 Å². The molecule has 2 saturated heterocycles. The van der Waals surface area contributed by atoms with Gasteiger partial charge in [0.05, 0.1) is 45.0 Å². The van der Waals surface area contributed by atoms with Crippen LogP contribution in [0.2, 0.25) is 0 Å². The van der Waals surface area contributed by atoms with Crippen molar-refractivity contribution in [3.05, 3.63) is 149 Å². The molecule has 4 aromatic carbocycles. The summed E-state index contributed by atoms with van der Waals surface area (Å²) >= 11 is 0. The predicted octanol–water partition coefficient (Wildman–Crippen LogP) is 2.94. The standard InChI is InChI=1S/C60H81N12O13P/c73-54(40-66-26-28-67(42-56(75)76)30-32-69(44-58(79)80)33-31-68(29-27-66)43-57(77)78)61-24-12-1-2-13-25-62-59(81)53-34-51(39-71(53)55(74)41-70(36-47-16-8-4-9-17-47)37-48-18-10-5-11-19-48)72-38-50(64-65-72)45-85-52-22-20-49(21-23-52)60(86(82,83)84)63-35-46-14-6-3-7-15-46/h3-11,14-23,38,51,53,60,63H,1-2,12-13,24-37,39-45H2,(H,61,73)(H,62,81)(H,75,76)(H,77,78)(H,79,80)(H2,82,83,84)/t51-,53-,60?/m0/s1. The zero-order chi connectivity index (χ0) is 61.3. The van der Waals surface area contributed by atoms with Gasteiger partial charge in [0.25, 0.3) is 0 Å². The molecule has 0 spiro atoms. The summed E-state index contributed by atoms with van der Waals surface area (Å²) in [7, 11) is -4.58. The summed E-state index contributed by atoms with van der Waals surface area (Å²) in [6.07, 6.45) is 4.85. The average Bonchev–Trinajstić information content (AvgIpc) is 2.52. The summed E-state index contributed by atoms with van der Waals surface area (Å²) in [6.45, 7) is 3.93. The van der Waals surface area contributed by atoms with Crippen molar-refractivity contribution in [3.63, 3.8) is 0 Å². The Labute approximate surface area is 501 Å². The van der Waals surface area contributed by atoms with Crippen molar-refractivity contribution in [1.29, 1.82) is 0 Å². The Bertz CT molecular complexity index is 2910. The van der Waals surface area contributed by atoms with Crippen LogP contribution >= 0.6 is 7.60 Å². The first-order valence-electron chi connectivity index (χ1n) is 29.1. The number of carboxylic acids is 3. The van der Waals surface area contributed by atoms with E-state index in [4.69, 9.17) is 4.74 Å². The summed E-state index contributed by atoms with van der Waals surface area (Å²) in [5, 5.41) is 46.4. The first-order chi connectivity index (χ1) is 41.4. The van der Waals surface area contributed by atoms with Gasteiger partial charge in [-0.3, -0.25) is 63.1 Å². The molecule has 1 unspecified atom stereocenters. The van der Waals surface area contributed by atoms with Gasteiger partial charge in [-0.25, -0.2) is 4.68 Å². The molecule has 0 saturated carbocycles. The Kier molecular flexibility index (Phi) is 26.2. The SMILES string of the molecule is O=C(O)CN1CCN(CC(=O)O)CCN(CC(=O)NCCCCCCNC(=O)[C@@H]2C[C@H](n3cc(COc4ccc(C(NCc5ccccc5)P(=O)(O)O)cc4)nn3)CN2C(=O)CN(Cc2ccccc2)Cc2ccccc2)CCN(CC(=O)O)CC1. The molecule has 3 amide bonds. The highest BCUT2D eigenvalue weighted by atomic mass is 31.2. The van der Waals surface area contributed by atoms with E-state index < -0.39 is 43.4 Å². The summed E-state index contributed by atoms with van der Waals surface area (Å²) in [5.74, 6) is -4.60. The predicted molar refractivity (Wildman–Crippen MR) is 318 cm³/mol. The largest absolute Gasteiger partial charge is 0.487 e. The number of unbranched alkanes of at least 4 members (excludes halogenated alkanes) is 3. The van der Waals surface area contributed by atoms with Crippen LogP contribution in [0.25, 0.3) is 0 Å². The number of hydrogen-bond acceptors (Lipinski definition) is 16. The lowest BCUT2D eigenvalue weighted by molar-refractivity contribution is -0.140. The molecule has 86 heavy (non-hydrogen) atoms. The van der Waals surface area contributed by atoms with Gasteiger partial charge in [0.15, 0.2) is 0 Å². The van der Waals surface area contributed by atoms with Crippen LogP contribution in [0.4, 0.5) is 0 Å². The minimum Gasteiger partial charge on any atom is -0.487 e. The molecular weight excluding hydrogens is 1130 g/mol. The summed E-state index contributed by atoms with van der Waals surface area (Å²) < 4.78 is 20.2. The van der Waals surface area contributed by atoms with Crippen molar-refractivity contribution in [3.8, 4) is 5.75 Å². The Balaban J connectivity index is 0.916.